The van der Waals surface area contributed by atoms with Gasteiger partial charge in [-0.1, -0.05) is 125 Å². The van der Waals surface area contributed by atoms with Crippen molar-refractivity contribution in [2.75, 3.05) is 33.0 Å². The van der Waals surface area contributed by atoms with Gasteiger partial charge in [0.2, 0.25) is 0 Å². The van der Waals surface area contributed by atoms with Crippen LogP contribution in [-0.4, -0.2) is 44.4 Å². The standard InChI is InChI=1S/C14H19BrO.C14H20O.C10H11BrO2.C10H9BrO2.C10H11BrO/c1-9-8-11(14(2,3)4)13-10(12(9)15)6-5-7-16-13;1-10-8-11-6-5-7-15-13(11)12(9-10)14(2,3)4;2*11-10-7(6-12)3-4-9-8(10)2-1-5-13-9;1-7-4-5-9-8(10(7)11)3-2-6-12-9/h8H,5-7H2,1-4H3;8-9H,5-7H2,1-4H3;3-4,12H,1-2,5-6H2;3-4,6H,1-2,5H2;4-5H,2-3,6H2,1H3. The van der Waals surface area contributed by atoms with E-state index in [9.17, 15) is 4.79 Å². The van der Waals surface area contributed by atoms with Crippen LogP contribution >= 0.6 is 63.7 Å². The molecular formula is C58H70Br4O7. The SMILES string of the molecule is Cc1cc(C(C)(C)C)c2c(c1Br)CCCO2.Cc1cc2c(c(C(C)(C)C)c1)OCCC2.Cc1ccc2c(c1Br)CCCO2.O=Cc1ccc2c(c1Br)CCCO2.OCc1ccc2c(c1Br)CCCO2. The highest BCUT2D eigenvalue weighted by Gasteiger charge is 2.27. The first-order valence-corrected chi connectivity index (χ1v) is 27.6. The maximum absolute atomic E-state index is 10.6. The average molecular weight is 1200 g/mol. The molecule has 5 aromatic carbocycles. The number of ether oxygens (including phenoxy) is 5. The van der Waals surface area contributed by atoms with Gasteiger partial charge < -0.3 is 28.8 Å². The molecule has 11 heteroatoms. The highest BCUT2D eigenvalue weighted by Crippen LogP contribution is 2.43. The van der Waals surface area contributed by atoms with Crippen LogP contribution in [0.1, 0.15) is 145 Å². The van der Waals surface area contributed by atoms with E-state index in [2.05, 4.69) is 156 Å². The van der Waals surface area contributed by atoms with E-state index < -0.39 is 0 Å². The first kappa shape index (κ1) is 55.0. The monoisotopic (exact) mass is 1190 g/mol. The third-order valence-corrected chi connectivity index (χ3v) is 16.9. The lowest BCUT2D eigenvalue weighted by molar-refractivity contribution is 0.112. The van der Waals surface area contributed by atoms with Crippen molar-refractivity contribution in [2.24, 2.45) is 0 Å². The molecule has 7 nitrogen and oxygen atoms in total. The third kappa shape index (κ3) is 14.0. The lowest BCUT2D eigenvalue weighted by Gasteiger charge is -2.29. The minimum Gasteiger partial charge on any atom is -0.493 e. The summed E-state index contributed by atoms with van der Waals surface area (Å²) in [6.07, 6.45) is 11.8. The van der Waals surface area contributed by atoms with E-state index in [-0.39, 0.29) is 17.4 Å². The van der Waals surface area contributed by atoms with Crippen molar-refractivity contribution in [2.45, 2.75) is 144 Å². The number of aliphatic hydroxyl groups is 1. The van der Waals surface area contributed by atoms with Crippen LogP contribution in [0.3, 0.4) is 0 Å². The number of aryl methyl sites for hydroxylation is 4. The van der Waals surface area contributed by atoms with Crippen LogP contribution in [0.25, 0.3) is 0 Å². The summed E-state index contributed by atoms with van der Waals surface area (Å²) in [4.78, 5) is 10.6. The van der Waals surface area contributed by atoms with Crippen LogP contribution in [0.5, 0.6) is 28.7 Å². The fraction of sp³-hybridized carbons (Fsp3) is 0.466. The van der Waals surface area contributed by atoms with Crippen LogP contribution in [0, 0.1) is 20.8 Å². The molecule has 0 saturated heterocycles. The fourth-order valence-corrected chi connectivity index (χ4v) is 11.3. The zero-order valence-electron chi connectivity index (χ0n) is 42.0. The van der Waals surface area contributed by atoms with Gasteiger partial charge in [0.15, 0.2) is 6.29 Å². The van der Waals surface area contributed by atoms with E-state index in [1.165, 1.54) is 65.4 Å². The Balaban J connectivity index is 0.000000142. The second kappa shape index (κ2) is 24.9. The lowest BCUT2D eigenvalue weighted by atomic mass is 9.83. The predicted molar refractivity (Wildman–Crippen MR) is 295 cm³/mol. The second-order valence-electron chi connectivity index (χ2n) is 20.3. The number of halogens is 4. The zero-order chi connectivity index (χ0) is 50.0. The van der Waals surface area contributed by atoms with Gasteiger partial charge in [-0.25, -0.2) is 0 Å². The molecule has 0 unspecified atom stereocenters. The minimum atomic E-state index is 0.0772. The summed E-state index contributed by atoms with van der Waals surface area (Å²) in [5.41, 5.74) is 15.0. The second-order valence-corrected chi connectivity index (χ2v) is 23.5. The third-order valence-electron chi connectivity index (χ3n) is 12.8. The van der Waals surface area contributed by atoms with Crippen molar-refractivity contribution >= 4 is 70.0 Å². The Bertz CT molecular complexity index is 2590. The van der Waals surface area contributed by atoms with Gasteiger partial charge in [0.25, 0.3) is 0 Å². The Labute approximate surface area is 445 Å². The van der Waals surface area contributed by atoms with Crippen molar-refractivity contribution in [3.63, 3.8) is 0 Å². The molecular weight excluding hydrogens is 1130 g/mol. The molecule has 5 aliphatic heterocycles. The molecule has 0 fully saturated rings. The van der Waals surface area contributed by atoms with Crippen LogP contribution in [0.4, 0.5) is 0 Å². The van der Waals surface area contributed by atoms with E-state index in [4.69, 9.17) is 28.8 Å². The quantitative estimate of drug-likeness (QED) is 0.176. The topological polar surface area (TPSA) is 83.5 Å². The predicted octanol–water partition coefficient (Wildman–Crippen LogP) is 15.9. The number of hydrogen-bond acceptors (Lipinski definition) is 7. The average Bonchev–Trinajstić information content (AvgIpc) is 3.34. The number of benzene rings is 5. The van der Waals surface area contributed by atoms with Gasteiger partial charge in [-0.3, -0.25) is 4.79 Å². The van der Waals surface area contributed by atoms with Crippen LogP contribution in [0.2, 0.25) is 0 Å². The van der Waals surface area contributed by atoms with Gasteiger partial charge in [0.1, 0.15) is 28.7 Å². The van der Waals surface area contributed by atoms with Gasteiger partial charge in [0.05, 0.1) is 39.6 Å². The molecule has 372 valence electrons. The number of aliphatic hydroxyl groups excluding tert-OH is 1. The number of rotatable bonds is 2. The van der Waals surface area contributed by atoms with E-state index in [1.807, 2.05) is 18.2 Å². The Kier molecular flexibility index (Phi) is 19.8. The Hall–Kier alpha value is -3.35. The Morgan fingerprint density at radius 2 is 0.957 bits per heavy atom. The molecule has 0 aromatic heterocycles. The van der Waals surface area contributed by atoms with Crippen molar-refractivity contribution in [3.05, 3.63) is 139 Å². The smallest absolute Gasteiger partial charge is 0.151 e. The normalized spacial score (nSPS) is 15.2. The van der Waals surface area contributed by atoms with Crippen molar-refractivity contribution in [3.8, 4) is 28.7 Å². The summed E-state index contributed by atoms with van der Waals surface area (Å²) in [5, 5.41) is 9.05. The number of hydrogen-bond donors (Lipinski definition) is 1. The summed E-state index contributed by atoms with van der Waals surface area (Å²) in [7, 11) is 0. The molecule has 5 aliphatic rings. The van der Waals surface area contributed by atoms with E-state index >= 15 is 0 Å². The van der Waals surface area contributed by atoms with Crippen molar-refractivity contribution in [1.29, 1.82) is 0 Å². The van der Waals surface area contributed by atoms with E-state index in [0.29, 0.717) is 5.56 Å². The summed E-state index contributed by atoms with van der Waals surface area (Å²) < 4.78 is 32.6. The minimum absolute atomic E-state index is 0.0772. The number of fused-ring (bicyclic) bond motifs is 5. The molecule has 5 aromatic rings. The highest BCUT2D eigenvalue weighted by molar-refractivity contribution is 9.11. The molecule has 0 radical (unpaired) electrons. The first-order chi connectivity index (χ1) is 32.8. The summed E-state index contributed by atoms with van der Waals surface area (Å²) in [5.74, 6) is 5.19. The largest absolute Gasteiger partial charge is 0.493 e. The molecule has 0 spiro atoms. The molecule has 69 heavy (non-hydrogen) atoms. The maximum Gasteiger partial charge on any atom is 0.151 e. The lowest BCUT2D eigenvalue weighted by Crippen LogP contribution is -2.19. The zero-order valence-corrected chi connectivity index (χ0v) is 48.3. The summed E-state index contributed by atoms with van der Waals surface area (Å²) in [6.45, 7) is 24.2. The van der Waals surface area contributed by atoms with E-state index in [1.54, 1.807) is 6.07 Å². The van der Waals surface area contributed by atoms with E-state index in [0.717, 1.165) is 146 Å². The van der Waals surface area contributed by atoms with Crippen molar-refractivity contribution in [1.82, 2.24) is 0 Å². The molecule has 0 atom stereocenters. The number of aldehydes is 1. The van der Waals surface area contributed by atoms with Gasteiger partial charge >= 0.3 is 0 Å². The molecule has 0 amide bonds. The van der Waals surface area contributed by atoms with Gasteiger partial charge in [-0.15, -0.1) is 0 Å². The molecule has 0 saturated carbocycles. The Morgan fingerprint density at radius 3 is 1.51 bits per heavy atom. The molecule has 0 bridgehead atoms. The summed E-state index contributed by atoms with van der Waals surface area (Å²) in [6, 6.07) is 18.4. The van der Waals surface area contributed by atoms with Crippen LogP contribution < -0.4 is 23.7 Å². The highest BCUT2D eigenvalue weighted by atomic mass is 79.9. The van der Waals surface area contributed by atoms with Gasteiger partial charge in [-0.2, -0.15) is 0 Å². The van der Waals surface area contributed by atoms with Gasteiger partial charge in [0, 0.05) is 56.8 Å². The maximum atomic E-state index is 10.6. The molecule has 1 N–H and O–H groups in total. The summed E-state index contributed by atoms with van der Waals surface area (Å²) >= 11 is 14.2. The van der Waals surface area contributed by atoms with Crippen LogP contribution in [0.15, 0.2) is 72.5 Å². The number of carbonyl (C=O) groups is 1. The van der Waals surface area contributed by atoms with Gasteiger partial charge in [-0.05, 0) is 158 Å². The Morgan fingerprint density at radius 1 is 0.507 bits per heavy atom. The fourth-order valence-electron chi connectivity index (χ4n) is 9.02. The first-order valence-electron chi connectivity index (χ1n) is 24.4. The van der Waals surface area contributed by atoms with Crippen molar-refractivity contribution < 1.29 is 33.6 Å². The molecule has 10 rings (SSSR count). The number of carbonyl (C=O) groups excluding carboxylic acids is 1. The molecule has 5 heterocycles. The molecule has 0 aliphatic carbocycles. The van der Waals surface area contributed by atoms with Crippen LogP contribution in [-0.2, 0) is 49.5 Å².